The number of methoxy groups -OCH3 is 1. The van der Waals surface area contributed by atoms with E-state index in [0.29, 0.717) is 0 Å². The minimum absolute atomic E-state index is 0.105. The van der Waals surface area contributed by atoms with Crippen molar-refractivity contribution in [2.75, 3.05) is 7.11 Å². The van der Waals surface area contributed by atoms with Crippen LogP contribution >= 0.6 is 0 Å². The van der Waals surface area contributed by atoms with Gasteiger partial charge in [0.25, 0.3) is 0 Å². The third-order valence-corrected chi connectivity index (χ3v) is 3.35. The van der Waals surface area contributed by atoms with Crippen LogP contribution < -0.4 is 10.5 Å². The molecule has 0 unspecified atom stereocenters. The van der Waals surface area contributed by atoms with Crippen LogP contribution in [0.4, 0.5) is 0 Å². The van der Waals surface area contributed by atoms with E-state index < -0.39 is 6.04 Å². The van der Waals surface area contributed by atoms with E-state index in [9.17, 15) is 4.79 Å². The van der Waals surface area contributed by atoms with Crippen LogP contribution in [0, 0.1) is 6.92 Å². The lowest BCUT2D eigenvalue weighted by Gasteiger charge is -2.23. The molecular weight excluding hydrogens is 242 g/mol. The predicted molar refractivity (Wildman–Crippen MR) is 75.3 cm³/mol. The summed E-state index contributed by atoms with van der Waals surface area (Å²) >= 11 is 0. The molecule has 0 bridgehead atoms. The minimum Gasteiger partial charge on any atom is -0.497 e. The molecule has 0 aromatic heterocycles. The molecule has 1 rings (SSSR count). The van der Waals surface area contributed by atoms with Gasteiger partial charge in [-0.25, -0.2) is 0 Å². The van der Waals surface area contributed by atoms with Crippen LogP contribution in [0.2, 0.25) is 0 Å². The standard InChI is InChI=1S/C15H23NO3/c1-9-8-13(18-5)6-7-14(9)10(2)12(4)19-15(17)11(3)16/h6-8,10-12H,16H2,1-5H3/t10-,11+,12+/m0/s1. The van der Waals surface area contributed by atoms with Gasteiger partial charge in [0.1, 0.15) is 17.9 Å². The molecule has 2 N–H and O–H groups in total. The summed E-state index contributed by atoms with van der Waals surface area (Å²) < 4.78 is 10.5. The molecule has 0 spiro atoms. The second kappa shape index (κ2) is 6.57. The van der Waals surface area contributed by atoms with E-state index in [0.717, 1.165) is 16.9 Å². The molecule has 0 aliphatic rings. The van der Waals surface area contributed by atoms with Gasteiger partial charge in [0.15, 0.2) is 0 Å². The smallest absolute Gasteiger partial charge is 0.322 e. The number of carbonyl (C=O) groups excluding carboxylic acids is 1. The first kappa shape index (κ1) is 15.5. The molecule has 106 valence electrons. The number of nitrogens with two attached hydrogens (primary N) is 1. The molecule has 4 nitrogen and oxygen atoms in total. The zero-order valence-electron chi connectivity index (χ0n) is 12.3. The minimum atomic E-state index is -0.591. The number of hydrogen-bond acceptors (Lipinski definition) is 4. The van der Waals surface area contributed by atoms with Crippen molar-refractivity contribution < 1.29 is 14.3 Å². The van der Waals surface area contributed by atoms with Crippen LogP contribution in [-0.4, -0.2) is 25.2 Å². The van der Waals surface area contributed by atoms with E-state index in [1.54, 1.807) is 14.0 Å². The van der Waals surface area contributed by atoms with E-state index in [4.69, 9.17) is 15.2 Å². The molecule has 0 fully saturated rings. The maximum Gasteiger partial charge on any atom is 0.322 e. The summed E-state index contributed by atoms with van der Waals surface area (Å²) in [6, 6.07) is 5.31. The van der Waals surface area contributed by atoms with Crippen LogP contribution in [0.25, 0.3) is 0 Å². The van der Waals surface area contributed by atoms with Gasteiger partial charge in [0.05, 0.1) is 7.11 Å². The first-order valence-corrected chi connectivity index (χ1v) is 6.47. The van der Waals surface area contributed by atoms with E-state index in [-0.39, 0.29) is 18.0 Å². The molecule has 0 aliphatic carbocycles. The summed E-state index contributed by atoms with van der Waals surface area (Å²) in [5.41, 5.74) is 7.76. The van der Waals surface area contributed by atoms with Gasteiger partial charge < -0.3 is 15.2 Å². The van der Waals surface area contributed by atoms with Crippen molar-refractivity contribution in [3.8, 4) is 5.75 Å². The molecule has 19 heavy (non-hydrogen) atoms. The number of aryl methyl sites for hydroxylation is 1. The van der Waals surface area contributed by atoms with Gasteiger partial charge in [-0.2, -0.15) is 0 Å². The van der Waals surface area contributed by atoms with Crippen LogP contribution in [-0.2, 0) is 9.53 Å². The number of ether oxygens (including phenoxy) is 2. The van der Waals surface area contributed by atoms with Gasteiger partial charge in [0.2, 0.25) is 0 Å². The molecule has 0 saturated carbocycles. The highest BCUT2D eigenvalue weighted by atomic mass is 16.5. The summed E-state index contributed by atoms with van der Waals surface area (Å²) in [4.78, 5) is 11.5. The maximum atomic E-state index is 11.5. The Hall–Kier alpha value is -1.55. The molecule has 4 heteroatoms. The quantitative estimate of drug-likeness (QED) is 0.830. The molecule has 1 aromatic rings. The highest BCUT2D eigenvalue weighted by Crippen LogP contribution is 2.27. The molecule has 0 saturated heterocycles. The van der Waals surface area contributed by atoms with Gasteiger partial charge in [-0.3, -0.25) is 4.79 Å². The Bertz CT molecular complexity index is 443. The highest BCUT2D eigenvalue weighted by Gasteiger charge is 2.21. The number of carbonyl (C=O) groups is 1. The fourth-order valence-corrected chi connectivity index (χ4v) is 1.93. The fraction of sp³-hybridized carbons (Fsp3) is 0.533. The summed E-state index contributed by atoms with van der Waals surface area (Å²) in [7, 11) is 1.64. The summed E-state index contributed by atoms with van der Waals surface area (Å²) in [6.07, 6.45) is -0.217. The molecule has 0 amide bonds. The zero-order valence-corrected chi connectivity index (χ0v) is 12.3. The van der Waals surface area contributed by atoms with Crippen molar-refractivity contribution in [2.24, 2.45) is 5.73 Å². The van der Waals surface area contributed by atoms with E-state index in [2.05, 4.69) is 0 Å². The van der Waals surface area contributed by atoms with Crippen molar-refractivity contribution in [2.45, 2.75) is 45.8 Å². The van der Waals surface area contributed by atoms with Gasteiger partial charge >= 0.3 is 5.97 Å². The maximum absolute atomic E-state index is 11.5. The fourth-order valence-electron chi connectivity index (χ4n) is 1.93. The Kier molecular flexibility index (Phi) is 5.36. The molecular formula is C15H23NO3. The highest BCUT2D eigenvalue weighted by molar-refractivity contribution is 5.75. The average Bonchev–Trinajstić information content (AvgIpc) is 2.37. The molecule has 3 atom stereocenters. The number of hydrogen-bond donors (Lipinski definition) is 1. The normalized spacial score (nSPS) is 15.5. The van der Waals surface area contributed by atoms with E-state index in [1.807, 2.05) is 39.0 Å². The zero-order chi connectivity index (χ0) is 14.6. The van der Waals surface area contributed by atoms with Crippen molar-refractivity contribution in [1.82, 2.24) is 0 Å². The Labute approximate surface area is 114 Å². The van der Waals surface area contributed by atoms with Crippen LogP contribution in [0.3, 0.4) is 0 Å². The Morgan fingerprint density at radius 2 is 1.89 bits per heavy atom. The second-order valence-electron chi connectivity index (χ2n) is 4.94. The van der Waals surface area contributed by atoms with E-state index >= 15 is 0 Å². The first-order valence-electron chi connectivity index (χ1n) is 6.47. The average molecular weight is 265 g/mol. The second-order valence-corrected chi connectivity index (χ2v) is 4.94. The number of esters is 1. The molecule has 0 radical (unpaired) electrons. The lowest BCUT2D eigenvalue weighted by atomic mass is 9.92. The predicted octanol–water partition coefficient (Wildman–Crippen LogP) is 2.39. The van der Waals surface area contributed by atoms with Crippen LogP contribution in [0.5, 0.6) is 5.75 Å². The summed E-state index contributed by atoms with van der Waals surface area (Å²) in [5.74, 6) is 0.563. The van der Waals surface area contributed by atoms with Gasteiger partial charge in [-0.1, -0.05) is 13.0 Å². The van der Waals surface area contributed by atoms with Gasteiger partial charge in [0, 0.05) is 5.92 Å². The van der Waals surface area contributed by atoms with Gasteiger partial charge in [-0.15, -0.1) is 0 Å². The topological polar surface area (TPSA) is 61.5 Å². The summed E-state index contributed by atoms with van der Waals surface area (Å²) in [5, 5.41) is 0. The molecule has 1 aromatic carbocycles. The number of benzene rings is 1. The lowest BCUT2D eigenvalue weighted by molar-refractivity contribution is -0.150. The van der Waals surface area contributed by atoms with Crippen molar-refractivity contribution in [1.29, 1.82) is 0 Å². The monoisotopic (exact) mass is 265 g/mol. The molecule has 0 aliphatic heterocycles. The lowest BCUT2D eigenvalue weighted by Crippen LogP contribution is -2.33. The Morgan fingerprint density at radius 1 is 1.26 bits per heavy atom. The Balaban J connectivity index is 2.82. The third-order valence-electron chi connectivity index (χ3n) is 3.35. The van der Waals surface area contributed by atoms with Crippen molar-refractivity contribution in [3.05, 3.63) is 29.3 Å². The number of rotatable bonds is 5. The SMILES string of the molecule is COc1ccc([C@@H](C)[C@@H](C)OC(=O)[C@@H](C)N)c(C)c1. The largest absolute Gasteiger partial charge is 0.497 e. The molecule has 0 heterocycles. The van der Waals surface area contributed by atoms with Gasteiger partial charge in [-0.05, 0) is 44.0 Å². The van der Waals surface area contributed by atoms with Crippen molar-refractivity contribution >= 4 is 5.97 Å². The van der Waals surface area contributed by atoms with Crippen LogP contribution in [0.15, 0.2) is 18.2 Å². The van der Waals surface area contributed by atoms with E-state index in [1.165, 1.54) is 0 Å². The first-order chi connectivity index (χ1) is 8.86. The van der Waals surface area contributed by atoms with Crippen LogP contribution in [0.1, 0.15) is 37.8 Å². The third kappa shape index (κ3) is 3.96. The Morgan fingerprint density at radius 3 is 2.37 bits per heavy atom. The van der Waals surface area contributed by atoms with Crippen molar-refractivity contribution in [3.63, 3.8) is 0 Å². The summed E-state index contributed by atoms with van der Waals surface area (Å²) in [6.45, 7) is 7.56.